The predicted octanol–water partition coefficient (Wildman–Crippen LogP) is 2.08. The SMILES string of the molecule is Cc1c(N)ccc(F)c1NC(=O)C1CCOCC1. The highest BCUT2D eigenvalue weighted by atomic mass is 19.1. The maximum atomic E-state index is 13.7. The fraction of sp³-hybridized carbons (Fsp3) is 0.462. The zero-order valence-electron chi connectivity index (χ0n) is 10.3. The molecule has 1 heterocycles. The molecule has 0 bridgehead atoms. The average molecular weight is 252 g/mol. The van der Waals surface area contributed by atoms with Gasteiger partial charge in [0, 0.05) is 24.8 Å². The monoisotopic (exact) mass is 252 g/mol. The van der Waals surface area contributed by atoms with E-state index in [0.717, 1.165) is 0 Å². The van der Waals surface area contributed by atoms with Gasteiger partial charge in [-0.3, -0.25) is 4.79 Å². The first-order valence-corrected chi connectivity index (χ1v) is 6.02. The summed E-state index contributed by atoms with van der Waals surface area (Å²) >= 11 is 0. The van der Waals surface area contributed by atoms with E-state index in [4.69, 9.17) is 10.5 Å². The summed E-state index contributed by atoms with van der Waals surface area (Å²) in [5.74, 6) is -0.730. The smallest absolute Gasteiger partial charge is 0.227 e. The molecular weight excluding hydrogens is 235 g/mol. The van der Waals surface area contributed by atoms with Crippen LogP contribution in [0.4, 0.5) is 15.8 Å². The van der Waals surface area contributed by atoms with E-state index in [1.54, 1.807) is 6.92 Å². The number of nitrogens with one attached hydrogen (secondary N) is 1. The van der Waals surface area contributed by atoms with Crippen LogP contribution in [0.2, 0.25) is 0 Å². The summed E-state index contributed by atoms with van der Waals surface area (Å²) in [6.07, 6.45) is 1.35. The molecule has 3 N–H and O–H groups in total. The lowest BCUT2D eigenvalue weighted by molar-refractivity contribution is -0.122. The molecule has 0 unspecified atom stereocenters. The first-order valence-electron chi connectivity index (χ1n) is 6.02. The van der Waals surface area contributed by atoms with Crippen LogP contribution >= 0.6 is 0 Å². The second-order valence-corrected chi connectivity index (χ2v) is 4.51. The highest BCUT2D eigenvalue weighted by Gasteiger charge is 2.23. The number of amides is 1. The Morgan fingerprint density at radius 2 is 2.11 bits per heavy atom. The summed E-state index contributed by atoms with van der Waals surface area (Å²) in [5, 5.41) is 2.64. The molecule has 18 heavy (non-hydrogen) atoms. The van der Waals surface area contributed by atoms with Crippen molar-refractivity contribution >= 4 is 17.3 Å². The Hall–Kier alpha value is -1.62. The Morgan fingerprint density at radius 1 is 1.44 bits per heavy atom. The largest absolute Gasteiger partial charge is 0.398 e. The topological polar surface area (TPSA) is 64.3 Å². The first-order chi connectivity index (χ1) is 8.59. The summed E-state index contributed by atoms with van der Waals surface area (Å²) < 4.78 is 18.9. The lowest BCUT2D eigenvalue weighted by atomic mass is 9.99. The van der Waals surface area contributed by atoms with Crippen LogP contribution in [-0.4, -0.2) is 19.1 Å². The van der Waals surface area contributed by atoms with Crippen molar-refractivity contribution in [1.82, 2.24) is 0 Å². The number of nitrogens with two attached hydrogens (primary N) is 1. The Balaban J connectivity index is 2.13. The maximum Gasteiger partial charge on any atom is 0.227 e. The Labute approximate surface area is 105 Å². The fourth-order valence-electron chi connectivity index (χ4n) is 2.03. The van der Waals surface area contributed by atoms with Crippen molar-refractivity contribution in [3.63, 3.8) is 0 Å². The van der Waals surface area contributed by atoms with Gasteiger partial charge in [-0.1, -0.05) is 0 Å². The molecule has 2 rings (SSSR count). The minimum atomic E-state index is -0.456. The lowest BCUT2D eigenvalue weighted by Crippen LogP contribution is -2.29. The van der Waals surface area contributed by atoms with Crippen LogP contribution in [0.5, 0.6) is 0 Å². The molecule has 0 aliphatic carbocycles. The van der Waals surface area contributed by atoms with Gasteiger partial charge < -0.3 is 15.8 Å². The summed E-state index contributed by atoms with van der Waals surface area (Å²) in [5.41, 5.74) is 6.93. The molecule has 98 valence electrons. The van der Waals surface area contributed by atoms with Crippen molar-refractivity contribution in [2.75, 3.05) is 24.3 Å². The highest BCUT2D eigenvalue weighted by molar-refractivity contribution is 5.94. The van der Waals surface area contributed by atoms with Gasteiger partial charge in [0.1, 0.15) is 5.82 Å². The number of carbonyl (C=O) groups is 1. The second kappa shape index (κ2) is 5.35. The second-order valence-electron chi connectivity index (χ2n) is 4.51. The molecule has 1 aromatic rings. The number of carbonyl (C=O) groups excluding carboxylic acids is 1. The average Bonchev–Trinajstić information content (AvgIpc) is 2.40. The molecule has 0 radical (unpaired) electrons. The van der Waals surface area contributed by atoms with E-state index >= 15 is 0 Å². The number of halogens is 1. The minimum Gasteiger partial charge on any atom is -0.398 e. The molecule has 0 saturated carbocycles. The summed E-state index contributed by atoms with van der Waals surface area (Å²) in [7, 11) is 0. The third-order valence-corrected chi connectivity index (χ3v) is 3.30. The van der Waals surface area contributed by atoms with Gasteiger partial charge in [-0.05, 0) is 37.5 Å². The van der Waals surface area contributed by atoms with Crippen molar-refractivity contribution in [3.05, 3.63) is 23.5 Å². The molecule has 0 aromatic heterocycles. The van der Waals surface area contributed by atoms with E-state index in [1.807, 2.05) is 0 Å². The molecule has 0 spiro atoms. The Morgan fingerprint density at radius 3 is 2.78 bits per heavy atom. The third kappa shape index (κ3) is 2.61. The van der Waals surface area contributed by atoms with E-state index in [9.17, 15) is 9.18 Å². The number of ether oxygens (including phenoxy) is 1. The van der Waals surface area contributed by atoms with Crippen LogP contribution in [0.15, 0.2) is 12.1 Å². The molecule has 4 nitrogen and oxygen atoms in total. The number of anilines is 2. The van der Waals surface area contributed by atoms with E-state index in [0.29, 0.717) is 37.3 Å². The van der Waals surface area contributed by atoms with Gasteiger partial charge in [0.25, 0.3) is 0 Å². The fourth-order valence-corrected chi connectivity index (χ4v) is 2.03. The van der Waals surface area contributed by atoms with Crippen LogP contribution in [0, 0.1) is 18.7 Å². The van der Waals surface area contributed by atoms with Gasteiger partial charge in [0.2, 0.25) is 5.91 Å². The number of benzene rings is 1. The normalized spacial score (nSPS) is 16.6. The van der Waals surface area contributed by atoms with E-state index in [-0.39, 0.29) is 17.5 Å². The van der Waals surface area contributed by atoms with Crippen LogP contribution in [0.1, 0.15) is 18.4 Å². The van der Waals surface area contributed by atoms with Gasteiger partial charge in [0.15, 0.2) is 0 Å². The summed E-state index contributed by atoms with van der Waals surface area (Å²) in [6, 6.07) is 2.76. The maximum absolute atomic E-state index is 13.7. The van der Waals surface area contributed by atoms with Crippen molar-refractivity contribution in [2.45, 2.75) is 19.8 Å². The summed E-state index contributed by atoms with van der Waals surface area (Å²) in [4.78, 5) is 12.0. The standard InChI is InChI=1S/C13H17FN2O2/c1-8-11(15)3-2-10(14)12(8)16-13(17)9-4-6-18-7-5-9/h2-3,9H,4-7,15H2,1H3,(H,16,17). The zero-order valence-corrected chi connectivity index (χ0v) is 10.3. The van der Waals surface area contributed by atoms with Crippen molar-refractivity contribution in [3.8, 4) is 0 Å². The molecule has 1 amide bonds. The molecule has 0 atom stereocenters. The van der Waals surface area contributed by atoms with Gasteiger partial charge in [-0.15, -0.1) is 0 Å². The Bertz CT molecular complexity index is 457. The van der Waals surface area contributed by atoms with Crippen LogP contribution in [0.25, 0.3) is 0 Å². The van der Waals surface area contributed by atoms with Crippen LogP contribution < -0.4 is 11.1 Å². The quantitative estimate of drug-likeness (QED) is 0.792. The first kappa shape index (κ1) is 12.8. The molecule has 1 aliphatic heterocycles. The lowest BCUT2D eigenvalue weighted by Gasteiger charge is -2.22. The predicted molar refractivity (Wildman–Crippen MR) is 67.7 cm³/mol. The number of rotatable bonds is 2. The van der Waals surface area contributed by atoms with Crippen LogP contribution in [-0.2, 0) is 9.53 Å². The van der Waals surface area contributed by atoms with Gasteiger partial charge in [-0.2, -0.15) is 0 Å². The van der Waals surface area contributed by atoms with Gasteiger partial charge in [0.05, 0.1) is 5.69 Å². The van der Waals surface area contributed by atoms with Crippen LogP contribution in [0.3, 0.4) is 0 Å². The van der Waals surface area contributed by atoms with E-state index in [2.05, 4.69) is 5.32 Å². The van der Waals surface area contributed by atoms with E-state index < -0.39 is 5.82 Å². The molecule has 1 aromatic carbocycles. The molecular formula is C13H17FN2O2. The highest BCUT2D eigenvalue weighted by Crippen LogP contribution is 2.26. The third-order valence-electron chi connectivity index (χ3n) is 3.30. The molecule has 5 heteroatoms. The van der Waals surface area contributed by atoms with Crippen molar-refractivity contribution in [1.29, 1.82) is 0 Å². The van der Waals surface area contributed by atoms with Gasteiger partial charge >= 0.3 is 0 Å². The van der Waals surface area contributed by atoms with Crippen molar-refractivity contribution in [2.24, 2.45) is 5.92 Å². The molecule has 1 fully saturated rings. The number of nitrogen functional groups attached to an aromatic ring is 1. The zero-order chi connectivity index (χ0) is 13.1. The Kier molecular flexibility index (Phi) is 3.81. The van der Waals surface area contributed by atoms with Crippen molar-refractivity contribution < 1.29 is 13.9 Å². The van der Waals surface area contributed by atoms with E-state index in [1.165, 1.54) is 12.1 Å². The molecule has 1 aliphatic rings. The number of hydrogen-bond acceptors (Lipinski definition) is 3. The number of hydrogen-bond donors (Lipinski definition) is 2. The minimum absolute atomic E-state index is 0.112. The van der Waals surface area contributed by atoms with Gasteiger partial charge in [-0.25, -0.2) is 4.39 Å². The molecule has 1 saturated heterocycles. The summed E-state index contributed by atoms with van der Waals surface area (Å²) in [6.45, 7) is 2.85.